The topological polar surface area (TPSA) is 167 Å². The zero-order valence-corrected chi connectivity index (χ0v) is 31.2. The maximum Gasteiger partial charge on any atom is 0.306 e. The minimum Gasteiger partial charge on any atom is -0.465 e. The lowest BCUT2D eigenvalue weighted by Gasteiger charge is -2.35. The molecule has 1 atom stereocenters. The number of rotatable bonds is 30. The summed E-state index contributed by atoms with van der Waals surface area (Å²) in [5.41, 5.74) is -2.65. The van der Waals surface area contributed by atoms with Crippen LogP contribution in [-0.4, -0.2) is 94.4 Å². The monoisotopic (exact) mass is 720 g/mol. The van der Waals surface area contributed by atoms with E-state index in [-0.39, 0.29) is 97.1 Å². The van der Waals surface area contributed by atoms with Crippen LogP contribution in [0.4, 0.5) is 0 Å². The van der Waals surface area contributed by atoms with Gasteiger partial charge >= 0.3 is 35.8 Å². The Bertz CT molecular complexity index is 865. The summed E-state index contributed by atoms with van der Waals surface area (Å²) in [5, 5.41) is 0. The lowest BCUT2D eigenvalue weighted by Crippen LogP contribution is -2.47. The highest BCUT2D eigenvalue weighted by molar-refractivity contribution is 7.80. The molecule has 13 nitrogen and oxygen atoms in total. The number of carbonyl (C=O) groups is 6. The van der Waals surface area contributed by atoms with Crippen molar-refractivity contribution in [2.75, 3.05) is 58.6 Å². The molecule has 0 N–H and O–H groups in total. The summed E-state index contributed by atoms with van der Waals surface area (Å²) in [6.45, 7) is 6.99. The summed E-state index contributed by atoms with van der Waals surface area (Å²) in [4.78, 5) is 74.8. The highest BCUT2D eigenvalue weighted by Crippen LogP contribution is 2.27. The fraction of sp³-hybridized carbons (Fsp3) is 0.829. The van der Waals surface area contributed by atoms with E-state index in [0.29, 0.717) is 32.1 Å². The van der Waals surface area contributed by atoms with E-state index in [2.05, 4.69) is 12.6 Å². The number of hydrogen-bond acceptors (Lipinski definition) is 14. The van der Waals surface area contributed by atoms with Crippen molar-refractivity contribution < 1.29 is 61.9 Å². The summed E-state index contributed by atoms with van der Waals surface area (Å²) in [7, 11) is 0. The van der Waals surface area contributed by atoms with Crippen molar-refractivity contribution in [1.82, 2.24) is 0 Å². The molecule has 1 unspecified atom stereocenters. The first-order valence-electron chi connectivity index (χ1n) is 17.6. The van der Waals surface area contributed by atoms with Gasteiger partial charge in [-0.05, 0) is 32.1 Å². The standard InChI is InChI=1S/C35H60O13S/c1-6-11-16-31(39)46-25-34(22-43-28(36)13-8-3,23-44-29(37)14-9-4)20-42-21-35(24-45-30(38)15-10-5,27-48-33(41)18-19-49)26-47-32(40)17-12-7-2/h49H,6-27H2,1-5H3. The molecule has 0 bridgehead atoms. The molecular weight excluding hydrogens is 660 g/mol. The van der Waals surface area contributed by atoms with Gasteiger partial charge in [0.15, 0.2) is 0 Å². The maximum atomic E-state index is 12.6. The second-order valence-corrected chi connectivity index (χ2v) is 12.8. The van der Waals surface area contributed by atoms with Crippen LogP contribution in [0.3, 0.4) is 0 Å². The first kappa shape index (κ1) is 46.1. The maximum absolute atomic E-state index is 12.6. The molecule has 0 aromatic rings. The highest BCUT2D eigenvalue weighted by Gasteiger charge is 2.40. The van der Waals surface area contributed by atoms with E-state index in [4.69, 9.17) is 33.2 Å². The van der Waals surface area contributed by atoms with Crippen molar-refractivity contribution in [3.8, 4) is 0 Å². The quantitative estimate of drug-likeness (QED) is 0.0575. The molecule has 0 aromatic heterocycles. The van der Waals surface area contributed by atoms with E-state index in [1.165, 1.54) is 0 Å². The van der Waals surface area contributed by atoms with Crippen LogP contribution < -0.4 is 0 Å². The van der Waals surface area contributed by atoms with E-state index in [0.717, 1.165) is 12.8 Å². The smallest absolute Gasteiger partial charge is 0.306 e. The van der Waals surface area contributed by atoms with Crippen molar-refractivity contribution >= 4 is 48.4 Å². The van der Waals surface area contributed by atoms with Crippen LogP contribution in [0.15, 0.2) is 0 Å². The summed E-state index contributed by atoms with van der Waals surface area (Å²) < 4.78 is 39.5. The van der Waals surface area contributed by atoms with Gasteiger partial charge in [0.25, 0.3) is 0 Å². The minimum atomic E-state index is -1.33. The molecule has 14 heteroatoms. The molecule has 0 rings (SSSR count). The second-order valence-electron chi connectivity index (χ2n) is 12.4. The van der Waals surface area contributed by atoms with Crippen LogP contribution in [0.25, 0.3) is 0 Å². The molecule has 284 valence electrons. The SMILES string of the molecule is CCCCC(=O)OCC(COCC(COC(=O)CCC)(COC(=O)CCS)COC(=O)CCCC)(COC(=O)CCC)COC(=O)CCC. The molecule has 0 radical (unpaired) electrons. The van der Waals surface area contributed by atoms with Crippen LogP contribution in [0, 0.1) is 10.8 Å². The predicted octanol–water partition coefficient (Wildman–Crippen LogP) is 5.34. The first-order chi connectivity index (χ1) is 23.4. The predicted molar refractivity (Wildman–Crippen MR) is 184 cm³/mol. The number of hydrogen-bond donors (Lipinski definition) is 1. The van der Waals surface area contributed by atoms with Gasteiger partial charge in [-0.3, -0.25) is 28.8 Å². The average molecular weight is 721 g/mol. The van der Waals surface area contributed by atoms with Crippen LogP contribution in [-0.2, 0) is 61.9 Å². The minimum absolute atomic E-state index is 0.0186. The van der Waals surface area contributed by atoms with Crippen molar-refractivity contribution in [1.29, 1.82) is 0 Å². The molecule has 0 heterocycles. The summed E-state index contributed by atoms with van der Waals surface area (Å²) in [6.07, 6.45) is 5.20. The van der Waals surface area contributed by atoms with Crippen LogP contribution in [0.1, 0.15) is 118 Å². The molecule has 0 saturated heterocycles. The molecule has 0 spiro atoms. The fourth-order valence-corrected chi connectivity index (χ4v) is 4.35. The summed E-state index contributed by atoms with van der Waals surface area (Å²) in [6, 6.07) is 0. The Labute approximate surface area is 297 Å². The van der Waals surface area contributed by atoms with Crippen molar-refractivity contribution in [3.05, 3.63) is 0 Å². The third kappa shape index (κ3) is 22.5. The lowest BCUT2D eigenvalue weighted by atomic mass is 9.90. The number of esters is 6. The number of unbranched alkanes of at least 4 members (excludes halogenated alkanes) is 2. The second kappa shape index (κ2) is 27.9. The molecule has 0 aliphatic rings. The Balaban J connectivity index is 6.50. The lowest BCUT2D eigenvalue weighted by molar-refractivity contribution is -0.175. The van der Waals surface area contributed by atoms with Gasteiger partial charge in [0, 0.05) is 37.9 Å². The third-order valence-electron chi connectivity index (χ3n) is 7.20. The molecule has 0 aliphatic carbocycles. The van der Waals surface area contributed by atoms with Crippen LogP contribution in [0.2, 0.25) is 0 Å². The molecule has 0 aliphatic heterocycles. The molecule has 49 heavy (non-hydrogen) atoms. The molecule has 0 fully saturated rings. The Kier molecular flexibility index (Phi) is 26.3. The number of carbonyl (C=O) groups excluding carboxylic acids is 6. The number of thiol groups is 1. The van der Waals surface area contributed by atoms with Crippen LogP contribution >= 0.6 is 12.6 Å². The normalized spacial score (nSPS) is 12.4. The Morgan fingerprint density at radius 3 is 0.898 bits per heavy atom. The van der Waals surface area contributed by atoms with Crippen molar-refractivity contribution in [2.24, 2.45) is 10.8 Å². The van der Waals surface area contributed by atoms with Crippen molar-refractivity contribution in [2.45, 2.75) is 118 Å². The third-order valence-corrected chi connectivity index (χ3v) is 7.42. The molecule has 0 amide bonds. The number of ether oxygens (including phenoxy) is 7. The summed E-state index contributed by atoms with van der Waals surface area (Å²) in [5.74, 6) is -2.74. The van der Waals surface area contributed by atoms with E-state index >= 15 is 0 Å². The zero-order valence-electron chi connectivity index (χ0n) is 30.3. The fourth-order valence-electron chi connectivity index (χ4n) is 4.16. The van der Waals surface area contributed by atoms with Gasteiger partial charge in [-0.25, -0.2) is 0 Å². The van der Waals surface area contributed by atoms with E-state index in [1.54, 1.807) is 0 Å². The highest BCUT2D eigenvalue weighted by atomic mass is 32.1. The Hall–Kier alpha value is -2.87. The average Bonchev–Trinajstić information content (AvgIpc) is 3.07. The van der Waals surface area contributed by atoms with Gasteiger partial charge in [-0.15, -0.1) is 0 Å². The molecular formula is C35H60O13S. The van der Waals surface area contributed by atoms with Gasteiger partial charge in [-0.1, -0.05) is 47.5 Å². The van der Waals surface area contributed by atoms with Crippen LogP contribution in [0.5, 0.6) is 0 Å². The van der Waals surface area contributed by atoms with E-state index < -0.39 is 46.6 Å². The largest absolute Gasteiger partial charge is 0.465 e. The van der Waals surface area contributed by atoms with Gasteiger partial charge in [-0.2, -0.15) is 12.6 Å². The molecule has 0 saturated carbocycles. The van der Waals surface area contributed by atoms with E-state index in [9.17, 15) is 28.8 Å². The van der Waals surface area contributed by atoms with Gasteiger partial charge in [0.2, 0.25) is 0 Å². The van der Waals surface area contributed by atoms with Gasteiger partial charge < -0.3 is 33.2 Å². The molecule has 0 aromatic carbocycles. The van der Waals surface area contributed by atoms with Crippen molar-refractivity contribution in [3.63, 3.8) is 0 Å². The van der Waals surface area contributed by atoms with Gasteiger partial charge in [0.1, 0.15) is 39.6 Å². The van der Waals surface area contributed by atoms with E-state index in [1.807, 2.05) is 34.6 Å². The first-order valence-corrected chi connectivity index (χ1v) is 18.2. The zero-order chi connectivity index (χ0) is 37.0. The Morgan fingerprint density at radius 2 is 0.653 bits per heavy atom. The van der Waals surface area contributed by atoms with Gasteiger partial charge in [0.05, 0.1) is 30.5 Å². The summed E-state index contributed by atoms with van der Waals surface area (Å²) >= 11 is 4.08. The Morgan fingerprint density at radius 1 is 0.388 bits per heavy atom.